The number of nitrogens with zero attached hydrogens (tertiary/aromatic N) is 1. The molecule has 1 saturated heterocycles. The molecule has 2 amide bonds. The maximum absolute atomic E-state index is 11.7. The van der Waals surface area contributed by atoms with Crippen molar-refractivity contribution in [1.29, 1.82) is 0 Å². The van der Waals surface area contributed by atoms with E-state index in [1.807, 2.05) is 0 Å². The van der Waals surface area contributed by atoms with Gasteiger partial charge in [0.1, 0.15) is 0 Å². The lowest BCUT2D eigenvalue weighted by molar-refractivity contribution is -0.153. The number of amides is 2. The van der Waals surface area contributed by atoms with Crippen molar-refractivity contribution in [2.75, 3.05) is 19.6 Å². The van der Waals surface area contributed by atoms with Gasteiger partial charge in [-0.15, -0.1) is 0 Å². The van der Waals surface area contributed by atoms with Crippen LogP contribution in [0.15, 0.2) is 0 Å². The van der Waals surface area contributed by atoms with Crippen molar-refractivity contribution in [3.8, 4) is 0 Å². The van der Waals surface area contributed by atoms with Gasteiger partial charge < -0.3 is 20.4 Å². The smallest absolute Gasteiger partial charge is 0.317 e. The van der Waals surface area contributed by atoms with Gasteiger partial charge in [-0.05, 0) is 19.3 Å². The predicted molar refractivity (Wildman–Crippen MR) is 59.5 cm³/mol. The summed E-state index contributed by atoms with van der Waals surface area (Å²) in [6.45, 7) is 1.06. The first-order chi connectivity index (χ1) is 8.03. The van der Waals surface area contributed by atoms with Crippen molar-refractivity contribution in [2.45, 2.75) is 31.8 Å². The second-order valence-corrected chi connectivity index (χ2v) is 4.99. The highest BCUT2D eigenvalue weighted by atomic mass is 16.4. The topological polar surface area (TPSA) is 89.9 Å². The molecule has 0 radical (unpaired) electrons. The number of carbonyl (C=O) groups is 2. The maximum atomic E-state index is 11.7. The summed E-state index contributed by atoms with van der Waals surface area (Å²) >= 11 is 0. The molecule has 1 heterocycles. The molecule has 1 aliphatic carbocycles. The number of hydrogen-bond donors (Lipinski definition) is 3. The molecule has 6 heteroatoms. The molecule has 2 rings (SSSR count). The number of nitrogens with one attached hydrogen (secondary N) is 1. The van der Waals surface area contributed by atoms with Crippen LogP contribution in [0.2, 0.25) is 0 Å². The van der Waals surface area contributed by atoms with Gasteiger partial charge in [-0.1, -0.05) is 6.42 Å². The minimum Gasteiger partial charge on any atom is -0.481 e. The largest absolute Gasteiger partial charge is 0.481 e. The van der Waals surface area contributed by atoms with E-state index in [4.69, 9.17) is 5.11 Å². The van der Waals surface area contributed by atoms with Crippen LogP contribution in [0.5, 0.6) is 0 Å². The molecule has 1 aliphatic heterocycles. The summed E-state index contributed by atoms with van der Waals surface area (Å²) in [5.41, 5.74) is -0.756. The molecule has 1 saturated carbocycles. The number of hydrogen-bond acceptors (Lipinski definition) is 3. The van der Waals surface area contributed by atoms with E-state index in [1.54, 1.807) is 0 Å². The van der Waals surface area contributed by atoms with Gasteiger partial charge in [0.25, 0.3) is 0 Å². The first-order valence-corrected chi connectivity index (χ1v) is 5.98. The van der Waals surface area contributed by atoms with Crippen molar-refractivity contribution in [1.82, 2.24) is 10.2 Å². The average Bonchev–Trinajstić information content (AvgIpc) is 2.62. The first-order valence-electron chi connectivity index (χ1n) is 5.98. The zero-order valence-electron chi connectivity index (χ0n) is 9.69. The second-order valence-electron chi connectivity index (χ2n) is 4.99. The third-order valence-corrected chi connectivity index (χ3v) is 3.79. The van der Waals surface area contributed by atoms with E-state index in [0.29, 0.717) is 32.4 Å². The van der Waals surface area contributed by atoms with Crippen molar-refractivity contribution in [3.05, 3.63) is 0 Å². The zero-order chi connectivity index (χ0) is 12.5. The van der Waals surface area contributed by atoms with Crippen LogP contribution in [0, 0.1) is 5.41 Å². The van der Waals surface area contributed by atoms with Crippen LogP contribution in [0.1, 0.15) is 25.7 Å². The van der Waals surface area contributed by atoms with E-state index in [1.165, 1.54) is 4.90 Å². The summed E-state index contributed by atoms with van der Waals surface area (Å²) in [7, 11) is 0. The van der Waals surface area contributed by atoms with Gasteiger partial charge in [0.05, 0.1) is 11.5 Å². The van der Waals surface area contributed by atoms with E-state index in [9.17, 15) is 14.7 Å². The number of carboxylic acid groups (broad SMARTS) is 1. The molecule has 6 nitrogen and oxygen atoms in total. The Balaban J connectivity index is 1.81. The Morgan fingerprint density at radius 1 is 1.41 bits per heavy atom. The van der Waals surface area contributed by atoms with E-state index < -0.39 is 17.5 Å². The quantitative estimate of drug-likeness (QED) is 0.650. The SMILES string of the molecule is O=C(NCC1(C(=O)O)CCC1)N1CCC(O)C1. The van der Waals surface area contributed by atoms with Crippen LogP contribution >= 0.6 is 0 Å². The van der Waals surface area contributed by atoms with Gasteiger partial charge in [-0.3, -0.25) is 4.79 Å². The summed E-state index contributed by atoms with van der Waals surface area (Å²) in [6, 6.07) is -0.269. The van der Waals surface area contributed by atoms with Crippen molar-refractivity contribution >= 4 is 12.0 Å². The molecule has 0 aromatic carbocycles. The molecular weight excluding hydrogens is 224 g/mol. The molecule has 0 spiro atoms. The number of aliphatic carboxylic acids is 1. The summed E-state index contributed by atoms with van der Waals surface area (Å²) in [5, 5.41) is 21.1. The highest BCUT2D eigenvalue weighted by Crippen LogP contribution is 2.40. The number of β-amino-alcohol motifs (C(OH)–C–C–N with tert-alkyl or cyclic N) is 1. The van der Waals surface area contributed by atoms with E-state index in [0.717, 1.165) is 6.42 Å². The molecule has 0 aromatic rings. The van der Waals surface area contributed by atoms with Crippen LogP contribution in [0.25, 0.3) is 0 Å². The summed E-state index contributed by atoms with van der Waals surface area (Å²) < 4.78 is 0. The standard InChI is InChI=1S/C11H18N2O4/c14-8-2-5-13(6-8)10(17)12-7-11(9(15)16)3-1-4-11/h8,14H,1-7H2,(H,12,17)(H,15,16). The molecule has 0 aromatic heterocycles. The Morgan fingerprint density at radius 2 is 2.12 bits per heavy atom. The van der Waals surface area contributed by atoms with Crippen LogP contribution < -0.4 is 5.32 Å². The average molecular weight is 242 g/mol. The fourth-order valence-corrected chi connectivity index (χ4v) is 2.35. The number of aliphatic hydroxyl groups is 1. The zero-order valence-corrected chi connectivity index (χ0v) is 9.69. The minimum atomic E-state index is -0.828. The third-order valence-electron chi connectivity index (χ3n) is 3.79. The van der Waals surface area contributed by atoms with Crippen LogP contribution in [0.3, 0.4) is 0 Å². The number of urea groups is 1. The number of carbonyl (C=O) groups excluding carboxylic acids is 1. The number of aliphatic hydroxyl groups excluding tert-OH is 1. The van der Waals surface area contributed by atoms with E-state index in [2.05, 4.69) is 5.32 Å². The lowest BCUT2D eigenvalue weighted by atomic mass is 9.69. The maximum Gasteiger partial charge on any atom is 0.317 e. The van der Waals surface area contributed by atoms with Crippen molar-refractivity contribution < 1.29 is 19.8 Å². The highest BCUT2D eigenvalue weighted by molar-refractivity contribution is 5.79. The fraction of sp³-hybridized carbons (Fsp3) is 0.818. The Bertz CT molecular complexity index is 327. The Labute approximate surface area is 99.6 Å². The van der Waals surface area contributed by atoms with Gasteiger partial charge in [0.15, 0.2) is 0 Å². The van der Waals surface area contributed by atoms with Crippen LogP contribution in [0.4, 0.5) is 4.79 Å². The number of likely N-dealkylation sites (tertiary alicyclic amines) is 1. The minimum absolute atomic E-state index is 0.188. The summed E-state index contributed by atoms with van der Waals surface area (Å²) in [6.07, 6.45) is 2.32. The van der Waals surface area contributed by atoms with Crippen LogP contribution in [-0.4, -0.2) is 52.9 Å². The highest BCUT2D eigenvalue weighted by Gasteiger charge is 2.44. The molecule has 96 valence electrons. The first kappa shape index (κ1) is 12.2. The molecular formula is C11H18N2O4. The van der Waals surface area contributed by atoms with Crippen molar-refractivity contribution in [3.63, 3.8) is 0 Å². The van der Waals surface area contributed by atoms with E-state index >= 15 is 0 Å². The van der Waals surface area contributed by atoms with Gasteiger partial charge in [-0.2, -0.15) is 0 Å². The fourth-order valence-electron chi connectivity index (χ4n) is 2.35. The molecule has 3 N–H and O–H groups in total. The summed E-state index contributed by atoms with van der Waals surface area (Å²) in [5.74, 6) is -0.828. The molecule has 1 unspecified atom stereocenters. The van der Waals surface area contributed by atoms with Gasteiger partial charge in [0, 0.05) is 19.6 Å². The second kappa shape index (κ2) is 4.52. The molecule has 0 bridgehead atoms. The van der Waals surface area contributed by atoms with Gasteiger partial charge >= 0.3 is 12.0 Å². The van der Waals surface area contributed by atoms with E-state index in [-0.39, 0.29) is 12.6 Å². The lowest BCUT2D eigenvalue weighted by Gasteiger charge is -2.37. The Hall–Kier alpha value is -1.30. The van der Waals surface area contributed by atoms with Gasteiger partial charge in [-0.25, -0.2) is 4.79 Å². The third kappa shape index (κ3) is 2.36. The van der Waals surface area contributed by atoms with Gasteiger partial charge in [0.2, 0.25) is 0 Å². The molecule has 2 aliphatic rings. The van der Waals surface area contributed by atoms with Crippen LogP contribution in [-0.2, 0) is 4.79 Å². The molecule has 2 fully saturated rings. The Morgan fingerprint density at radius 3 is 2.53 bits per heavy atom. The van der Waals surface area contributed by atoms with Crippen molar-refractivity contribution in [2.24, 2.45) is 5.41 Å². The monoisotopic (exact) mass is 242 g/mol. The summed E-state index contributed by atoms with van der Waals surface area (Å²) in [4.78, 5) is 24.3. The normalized spacial score (nSPS) is 26.4. The lowest BCUT2D eigenvalue weighted by Crippen LogP contribution is -2.50. The number of rotatable bonds is 3. The number of carboxylic acids is 1. The molecule has 17 heavy (non-hydrogen) atoms. The Kier molecular flexibility index (Phi) is 3.24. The predicted octanol–water partition coefficient (Wildman–Crippen LogP) is 0.0175. The molecule has 1 atom stereocenters.